The molecule has 1 unspecified atom stereocenters. The van der Waals surface area contributed by atoms with Gasteiger partial charge in [0.1, 0.15) is 0 Å². The molecule has 1 rings (SSSR count). The van der Waals surface area contributed by atoms with Gasteiger partial charge in [-0.1, -0.05) is 13.8 Å². The van der Waals surface area contributed by atoms with Crippen LogP contribution in [0.2, 0.25) is 0 Å². The zero-order chi connectivity index (χ0) is 9.90. The van der Waals surface area contributed by atoms with Crippen LogP contribution in [-0.2, 0) is 9.53 Å². The Morgan fingerprint density at radius 1 is 1.62 bits per heavy atom. The van der Waals surface area contributed by atoms with Crippen LogP contribution in [-0.4, -0.2) is 25.2 Å². The van der Waals surface area contributed by atoms with Gasteiger partial charge in [-0.3, -0.25) is 4.79 Å². The fraction of sp³-hybridized carbons (Fsp3) is 0.900. The molecule has 76 valence electrons. The molecule has 0 radical (unpaired) electrons. The van der Waals surface area contributed by atoms with E-state index >= 15 is 0 Å². The Hall–Kier alpha value is -0.570. The van der Waals surface area contributed by atoms with Crippen LogP contribution in [0.5, 0.6) is 0 Å². The maximum atomic E-state index is 10.9. The lowest BCUT2D eigenvalue weighted by molar-refractivity contribution is -0.142. The van der Waals surface area contributed by atoms with Crippen LogP contribution in [0.15, 0.2) is 0 Å². The van der Waals surface area contributed by atoms with Crippen LogP contribution >= 0.6 is 0 Å². The third-order valence-electron chi connectivity index (χ3n) is 2.54. The first-order chi connectivity index (χ1) is 6.06. The van der Waals surface area contributed by atoms with E-state index in [2.05, 4.69) is 19.2 Å². The Morgan fingerprint density at radius 2 is 2.23 bits per heavy atom. The average molecular weight is 185 g/mol. The summed E-state index contributed by atoms with van der Waals surface area (Å²) in [6.45, 7) is 7.51. The molecule has 0 spiro atoms. The van der Waals surface area contributed by atoms with Crippen molar-refractivity contribution in [2.24, 2.45) is 5.41 Å². The molecule has 0 aromatic carbocycles. The van der Waals surface area contributed by atoms with E-state index in [4.69, 9.17) is 4.74 Å². The number of esters is 1. The van der Waals surface area contributed by atoms with Crippen molar-refractivity contribution in [2.45, 2.75) is 39.7 Å². The normalized spacial score (nSPS) is 24.1. The summed E-state index contributed by atoms with van der Waals surface area (Å²) in [5.74, 6) is -0.103. The minimum atomic E-state index is -0.103. The summed E-state index contributed by atoms with van der Waals surface area (Å²) in [6.07, 6.45) is 1.70. The van der Waals surface area contributed by atoms with Gasteiger partial charge in [0.05, 0.1) is 13.0 Å². The van der Waals surface area contributed by atoms with Crippen molar-refractivity contribution in [1.29, 1.82) is 0 Å². The van der Waals surface area contributed by atoms with Gasteiger partial charge in [-0.2, -0.15) is 0 Å². The number of rotatable bonds is 5. The maximum absolute atomic E-state index is 10.9. The molecule has 0 amide bonds. The minimum Gasteiger partial charge on any atom is -0.466 e. The van der Waals surface area contributed by atoms with Crippen LogP contribution in [0, 0.1) is 5.41 Å². The van der Waals surface area contributed by atoms with Gasteiger partial charge < -0.3 is 10.1 Å². The number of nitrogens with one attached hydrogen (secondary N) is 1. The van der Waals surface area contributed by atoms with Crippen LogP contribution in [0.1, 0.15) is 33.6 Å². The zero-order valence-electron chi connectivity index (χ0n) is 8.72. The predicted molar refractivity (Wildman–Crippen MR) is 51.4 cm³/mol. The molecule has 1 aliphatic carbocycles. The fourth-order valence-corrected chi connectivity index (χ4v) is 1.40. The van der Waals surface area contributed by atoms with E-state index in [-0.39, 0.29) is 5.97 Å². The molecule has 0 heterocycles. The highest BCUT2D eigenvalue weighted by molar-refractivity contribution is 5.69. The Labute approximate surface area is 79.8 Å². The smallest absolute Gasteiger partial charge is 0.307 e. The molecule has 0 bridgehead atoms. The van der Waals surface area contributed by atoms with Gasteiger partial charge in [-0.25, -0.2) is 0 Å². The van der Waals surface area contributed by atoms with Crippen molar-refractivity contribution in [3.8, 4) is 0 Å². The van der Waals surface area contributed by atoms with E-state index < -0.39 is 0 Å². The molecular weight excluding hydrogens is 166 g/mol. The molecule has 0 aromatic heterocycles. The molecule has 1 fully saturated rings. The van der Waals surface area contributed by atoms with E-state index in [9.17, 15) is 4.79 Å². The van der Waals surface area contributed by atoms with Crippen molar-refractivity contribution in [3.05, 3.63) is 0 Å². The second-order valence-electron chi connectivity index (χ2n) is 4.25. The minimum absolute atomic E-state index is 0.103. The zero-order valence-corrected chi connectivity index (χ0v) is 8.72. The highest BCUT2D eigenvalue weighted by Crippen LogP contribution is 2.44. The van der Waals surface area contributed by atoms with Crippen molar-refractivity contribution in [2.75, 3.05) is 13.2 Å². The second kappa shape index (κ2) is 4.09. The highest BCUT2D eigenvalue weighted by atomic mass is 16.5. The first kappa shape index (κ1) is 10.5. The van der Waals surface area contributed by atoms with Crippen LogP contribution in [0.3, 0.4) is 0 Å². The standard InChI is InChI=1S/C10H19NO2/c1-4-13-9(12)5-6-11-8-7-10(8,2)3/h8,11H,4-7H2,1-3H3. The topological polar surface area (TPSA) is 38.3 Å². The van der Waals surface area contributed by atoms with E-state index in [0.29, 0.717) is 24.5 Å². The molecule has 1 N–H and O–H groups in total. The molecule has 0 saturated heterocycles. The summed E-state index contributed by atoms with van der Waals surface area (Å²) in [6, 6.07) is 0.599. The lowest BCUT2D eigenvalue weighted by Gasteiger charge is -2.05. The average Bonchev–Trinajstić information content (AvgIpc) is 2.59. The van der Waals surface area contributed by atoms with E-state index in [1.165, 1.54) is 6.42 Å². The van der Waals surface area contributed by atoms with Crippen molar-refractivity contribution in [3.63, 3.8) is 0 Å². The summed E-state index contributed by atoms with van der Waals surface area (Å²) < 4.78 is 4.82. The van der Waals surface area contributed by atoms with Gasteiger partial charge in [0.15, 0.2) is 0 Å². The van der Waals surface area contributed by atoms with Crippen LogP contribution in [0.4, 0.5) is 0 Å². The monoisotopic (exact) mass is 185 g/mol. The first-order valence-corrected chi connectivity index (χ1v) is 4.95. The van der Waals surface area contributed by atoms with Gasteiger partial charge in [0.25, 0.3) is 0 Å². The molecule has 13 heavy (non-hydrogen) atoms. The highest BCUT2D eigenvalue weighted by Gasteiger charge is 2.44. The Bertz CT molecular complexity index is 189. The Kier molecular flexibility index (Phi) is 3.31. The molecule has 0 aliphatic heterocycles. The van der Waals surface area contributed by atoms with Crippen molar-refractivity contribution < 1.29 is 9.53 Å². The van der Waals surface area contributed by atoms with Gasteiger partial charge in [0, 0.05) is 12.6 Å². The third-order valence-corrected chi connectivity index (χ3v) is 2.54. The third kappa shape index (κ3) is 3.35. The Morgan fingerprint density at radius 3 is 2.69 bits per heavy atom. The lowest BCUT2D eigenvalue weighted by atomic mass is 10.2. The first-order valence-electron chi connectivity index (χ1n) is 4.95. The second-order valence-corrected chi connectivity index (χ2v) is 4.25. The van der Waals surface area contributed by atoms with Crippen LogP contribution in [0.25, 0.3) is 0 Å². The summed E-state index contributed by atoms with van der Waals surface area (Å²) in [5, 5.41) is 3.34. The molecule has 0 aromatic rings. The SMILES string of the molecule is CCOC(=O)CCNC1CC1(C)C. The van der Waals surface area contributed by atoms with E-state index in [1.807, 2.05) is 6.92 Å². The van der Waals surface area contributed by atoms with Gasteiger partial charge >= 0.3 is 5.97 Å². The number of carbonyl (C=O) groups excluding carboxylic acids is 1. The summed E-state index contributed by atoms with van der Waals surface area (Å²) in [5.41, 5.74) is 0.439. The molecule has 1 saturated carbocycles. The molecular formula is C10H19NO2. The molecule has 1 aliphatic rings. The van der Waals surface area contributed by atoms with Gasteiger partial charge in [0.2, 0.25) is 0 Å². The predicted octanol–water partition coefficient (Wildman–Crippen LogP) is 1.33. The molecule has 3 heteroatoms. The number of ether oxygens (including phenoxy) is 1. The van der Waals surface area contributed by atoms with Crippen molar-refractivity contribution in [1.82, 2.24) is 5.32 Å². The van der Waals surface area contributed by atoms with E-state index in [1.54, 1.807) is 0 Å². The summed E-state index contributed by atoms with van der Waals surface area (Å²) >= 11 is 0. The molecule has 1 atom stereocenters. The summed E-state index contributed by atoms with van der Waals surface area (Å²) in [7, 11) is 0. The van der Waals surface area contributed by atoms with Gasteiger partial charge in [-0.05, 0) is 18.8 Å². The number of hydrogen-bond donors (Lipinski definition) is 1. The van der Waals surface area contributed by atoms with Crippen molar-refractivity contribution >= 4 is 5.97 Å². The lowest BCUT2D eigenvalue weighted by Crippen LogP contribution is -2.24. The molecule has 3 nitrogen and oxygen atoms in total. The number of carbonyl (C=O) groups is 1. The number of hydrogen-bond acceptors (Lipinski definition) is 3. The maximum Gasteiger partial charge on any atom is 0.307 e. The van der Waals surface area contributed by atoms with Crippen LogP contribution < -0.4 is 5.32 Å². The summed E-state index contributed by atoms with van der Waals surface area (Å²) in [4.78, 5) is 10.9. The quantitative estimate of drug-likeness (QED) is 0.657. The van der Waals surface area contributed by atoms with E-state index in [0.717, 1.165) is 6.54 Å². The van der Waals surface area contributed by atoms with Gasteiger partial charge in [-0.15, -0.1) is 0 Å². The Balaban J connectivity index is 1.99. The fourth-order valence-electron chi connectivity index (χ4n) is 1.40. The largest absolute Gasteiger partial charge is 0.466 e.